The Hall–Kier alpha value is -2.96. The summed E-state index contributed by atoms with van der Waals surface area (Å²) in [7, 11) is 3.48. The zero-order chi connectivity index (χ0) is 18.1. The van der Waals surface area contributed by atoms with Crippen LogP contribution in [0.1, 0.15) is 34.8 Å². The first-order valence-electron chi connectivity index (χ1n) is 8.75. The number of amides is 1. The highest BCUT2D eigenvalue weighted by Crippen LogP contribution is 2.31. The minimum absolute atomic E-state index is 0.0200. The maximum absolute atomic E-state index is 12.8. The summed E-state index contributed by atoms with van der Waals surface area (Å²) in [6, 6.07) is 7.37. The average Bonchev–Trinajstić information content (AvgIpc) is 3.04. The zero-order valence-electron chi connectivity index (χ0n) is 14.9. The molecule has 0 spiro atoms. The highest BCUT2D eigenvalue weighted by atomic mass is 16.5. The lowest BCUT2D eigenvalue weighted by atomic mass is 9.92. The molecule has 1 aromatic carbocycles. The second-order valence-corrected chi connectivity index (χ2v) is 6.50. The van der Waals surface area contributed by atoms with Crippen LogP contribution in [0.2, 0.25) is 0 Å². The Labute approximate surface area is 151 Å². The zero-order valence-corrected chi connectivity index (χ0v) is 14.9. The van der Waals surface area contributed by atoms with Crippen LogP contribution >= 0.6 is 0 Å². The highest BCUT2D eigenvalue weighted by molar-refractivity contribution is 5.97. The van der Waals surface area contributed by atoms with Crippen LogP contribution in [0.25, 0.3) is 11.2 Å². The molecule has 0 N–H and O–H groups in total. The van der Waals surface area contributed by atoms with E-state index in [9.17, 15) is 4.79 Å². The van der Waals surface area contributed by atoms with Gasteiger partial charge in [-0.25, -0.2) is 14.6 Å². The van der Waals surface area contributed by atoms with Crippen LogP contribution in [-0.2, 0) is 7.05 Å². The fraction of sp³-hybridized carbons (Fsp3) is 0.368. The number of carbonyl (C=O) groups is 1. The molecule has 134 valence electrons. The molecule has 0 radical (unpaired) electrons. The first-order valence-corrected chi connectivity index (χ1v) is 8.75. The maximum atomic E-state index is 12.8. The number of carbonyl (C=O) groups excluding carboxylic acids is 1. The number of likely N-dealkylation sites (tertiary alicyclic amines) is 1. The van der Waals surface area contributed by atoms with Crippen molar-refractivity contribution in [1.82, 2.24) is 24.6 Å². The minimum Gasteiger partial charge on any atom is -0.496 e. The number of nitrogens with zero attached hydrogens (tertiary/aromatic N) is 5. The van der Waals surface area contributed by atoms with Gasteiger partial charge < -0.3 is 9.64 Å². The number of benzene rings is 1. The number of hydrogen-bond donors (Lipinski definition) is 0. The minimum atomic E-state index is 0.0200. The van der Waals surface area contributed by atoms with Crippen molar-refractivity contribution in [3.63, 3.8) is 0 Å². The van der Waals surface area contributed by atoms with Crippen LogP contribution in [0.5, 0.6) is 5.75 Å². The van der Waals surface area contributed by atoms with Crippen LogP contribution in [0.3, 0.4) is 0 Å². The van der Waals surface area contributed by atoms with Crippen molar-refractivity contribution in [3.05, 3.63) is 47.9 Å². The van der Waals surface area contributed by atoms with Gasteiger partial charge in [0.15, 0.2) is 5.65 Å². The van der Waals surface area contributed by atoms with Crippen LogP contribution in [-0.4, -0.2) is 50.8 Å². The average molecular weight is 351 g/mol. The fourth-order valence-electron chi connectivity index (χ4n) is 3.63. The molecule has 2 aromatic heterocycles. The lowest BCUT2D eigenvalue weighted by Crippen LogP contribution is -2.38. The molecular formula is C19H21N5O2. The standard InChI is InChI=1S/C19H21N5O2/c1-23-18-17(20-9-10-21-18)16(22-23)13-7-11-24(12-8-13)19(25)14-5-3-4-6-15(14)26-2/h3-6,9-10,13H,7-8,11-12H2,1-2H3. The van der Waals surface area contributed by atoms with E-state index in [2.05, 4.69) is 15.1 Å². The first-order chi connectivity index (χ1) is 12.7. The van der Waals surface area contributed by atoms with Crippen molar-refractivity contribution in [2.24, 2.45) is 7.05 Å². The normalized spacial score (nSPS) is 15.4. The molecule has 7 heteroatoms. The number of methoxy groups -OCH3 is 1. The van der Waals surface area contributed by atoms with Crippen molar-refractivity contribution in [1.29, 1.82) is 0 Å². The summed E-state index contributed by atoms with van der Waals surface area (Å²) in [5.74, 6) is 0.925. The van der Waals surface area contributed by atoms with Gasteiger partial charge in [0.25, 0.3) is 5.91 Å². The molecular weight excluding hydrogens is 330 g/mol. The van der Waals surface area contributed by atoms with Crippen LogP contribution in [0.15, 0.2) is 36.7 Å². The van der Waals surface area contributed by atoms with E-state index in [-0.39, 0.29) is 11.8 Å². The lowest BCUT2D eigenvalue weighted by Gasteiger charge is -2.31. The number of rotatable bonds is 3. The lowest BCUT2D eigenvalue weighted by molar-refractivity contribution is 0.0709. The SMILES string of the molecule is COc1ccccc1C(=O)N1CCC(c2nn(C)c3nccnc23)CC1. The van der Waals surface area contributed by atoms with Gasteiger partial charge in [-0.3, -0.25) is 4.79 Å². The summed E-state index contributed by atoms with van der Waals surface area (Å²) in [6.45, 7) is 1.39. The van der Waals surface area contributed by atoms with Crippen molar-refractivity contribution in [3.8, 4) is 5.75 Å². The van der Waals surface area contributed by atoms with Crippen LogP contribution in [0.4, 0.5) is 0 Å². The fourth-order valence-corrected chi connectivity index (χ4v) is 3.63. The summed E-state index contributed by atoms with van der Waals surface area (Å²) in [4.78, 5) is 23.6. The molecule has 7 nitrogen and oxygen atoms in total. The number of hydrogen-bond acceptors (Lipinski definition) is 5. The third-order valence-electron chi connectivity index (χ3n) is 4.99. The van der Waals surface area contributed by atoms with E-state index >= 15 is 0 Å². The largest absolute Gasteiger partial charge is 0.496 e. The monoisotopic (exact) mass is 351 g/mol. The highest BCUT2D eigenvalue weighted by Gasteiger charge is 2.29. The molecule has 3 heterocycles. The molecule has 0 saturated carbocycles. The van der Waals surface area contributed by atoms with Gasteiger partial charge in [-0.2, -0.15) is 5.10 Å². The smallest absolute Gasteiger partial charge is 0.257 e. The van der Waals surface area contributed by atoms with E-state index < -0.39 is 0 Å². The molecule has 0 aliphatic carbocycles. The van der Waals surface area contributed by atoms with Crippen molar-refractivity contribution >= 4 is 17.1 Å². The van der Waals surface area contributed by atoms with Crippen LogP contribution in [0, 0.1) is 0 Å². The van der Waals surface area contributed by atoms with Crippen molar-refractivity contribution < 1.29 is 9.53 Å². The van der Waals surface area contributed by atoms with E-state index in [0.29, 0.717) is 24.4 Å². The van der Waals surface area contributed by atoms with Gasteiger partial charge in [0.1, 0.15) is 11.3 Å². The van der Waals surface area contributed by atoms with Gasteiger partial charge in [0.2, 0.25) is 0 Å². The molecule has 1 amide bonds. The molecule has 1 fully saturated rings. The second-order valence-electron chi connectivity index (χ2n) is 6.50. The third kappa shape index (κ3) is 2.79. The maximum Gasteiger partial charge on any atom is 0.257 e. The Kier molecular flexibility index (Phi) is 4.28. The van der Waals surface area contributed by atoms with E-state index in [1.165, 1.54) is 0 Å². The molecule has 4 rings (SSSR count). The summed E-state index contributed by atoms with van der Waals surface area (Å²) >= 11 is 0. The third-order valence-corrected chi connectivity index (χ3v) is 4.99. The van der Waals surface area contributed by atoms with Gasteiger partial charge in [-0.15, -0.1) is 0 Å². The topological polar surface area (TPSA) is 73.1 Å². The van der Waals surface area contributed by atoms with E-state index in [0.717, 1.165) is 29.7 Å². The Morgan fingerprint density at radius 1 is 1.15 bits per heavy atom. The Balaban J connectivity index is 1.51. The summed E-state index contributed by atoms with van der Waals surface area (Å²) in [5, 5.41) is 4.64. The van der Waals surface area contributed by atoms with E-state index in [1.54, 1.807) is 24.2 Å². The van der Waals surface area contributed by atoms with Gasteiger partial charge in [0, 0.05) is 38.4 Å². The summed E-state index contributed by atoms with van der Waals surface area (Å²) in [5.41, 5.74) is 3.27. The number of piperidine rings is 1. The quantitative estimate of drug-likeness (QED) is 0.724. The van der Waals surface area contributed by atoms with E-state index in [4.69, 9.17) is 4.74 Å². The van der Waals surface area contributed by atoms with Gasteiger partial charge in [0.05, 0.1) is 18.4 Å². The van der Waals surface area contributed by atoms with Gasteiger partial charge in [-0.1, -0.05) is 12.1 Å². The predicted molar refractivity (Wildman–Crippen MR) is 97.2 cm³/mol. The molecule has 0 bridgehead atoms. The number of aromatic nitrogens is 4. The van der Waals surface area contributed by atoms with Gasteiger partial charge in [-0.05, 0) is 25.0 Å². The molecule has 0 unspecified atom stereocenters. The molecule has 1 saturated heterocycles. The summed E-state index contributed by atoms with van der Waals surface area (Å²) < 4.78 is 7.10. The molecule has 1 aliphatic heterocycles. The Bertz CT molecular complexity index is 944. The van der Waals surface area contributed by atoms with Crippen molar-refractivity contribution in [2.75, 3.05) is 20.2 Å². The Morgan fingerprint density at radius 3 is 2.65 bits per heavy atom. The number of para-hydroxylation sites is 1. The van der Waals surface area contributed by atoms with E-state index in [1.807, 2.05) is 36.2 Å². The summed E-state index contributed by atoms with van der Waals surface area (Å²) in [6.07, 6.45) is 5.11. The molecule has 1 aliphatic rings. The van der Waals surface area contributed by atoms with Crippen LogP contribution < -0.4 is 4.74 Å². The van der Waals surface area contributed by atoms with Gasteiger partial charge >= 0.3 is 0 Å². The molecule has 0 atom stereocenters. The molecule has 26 heavy (non-hydrogen) atoms. The number of ether oxygens (including phenoxy) is 1. The second kappa shape index (κ2) is 6.74. The molecule has 3 aromatic rings. The number of aryl methyl sites for hydroxylation is 1. The first kappa shape index (κ1) is 16.5. The van der Waals surface area contributed by atoms with Crippen molar-refractivity contribution in [2.45, 2.75) is 18.8 Å². The predicted octanol–water partition coefficient (Wildman–Crippen LogP) is 2.39. The Morgan fingerprint density at radius 2 is 1.88 bits per heavy atom. The number of fused-ring (bicyclic) bond motifs is 1.